The van der Waals surface area contributed by atoms with E-state index < -0.39 is 0 Å². The maximum Gasteiger partial charge on any atom is 0.196 e. The molecule has 8 rings (SSSR count). The molecular weight excluding hydrogens is 623 g/mol. The Balaban J connectivity index is 1.47. The highest BCUT2D eigenvalue weighted by atomic mass is 15.0. The molecule has 234 valence electrons. The monoisotopic (exact) mass is 647 g/mol. The molecule has 0 atom stereocenters. The molecule has 0 aliphatic heterocycles. The predicted octanol–water partition coefficient (Wildman–Crippen LogP) is 12.3. The third-order valence-electron chi connectivity index (χ3n) is 9.30. The van der Waals surface area contributed by atoms with Gasteiger partial charge in [0, 0.05) is 38.7 Å². The Hall–Kier alpha value is -7.70. The summed E-state index contributed by atoms with van der Waals surface area (Å²) in [6.45, 7) is 15.7. The van der Waals surface area contributed by atoms with Crippen molar-refractivity contribution in [2.24, 2.45) is 0 Å². The van der Waals surface area contributed by atoms with Crippen LogP contribution in [-0.2, 0) is 0 Å². The van der Waals surface area contributed by atoms with Gasteiger partial charge in [-0.15, -0.1) is 0 Å². The number of benzene rings is 7. The second-order valence-corrected chi connectivity index (χ2v) is 12.1. The standard InChI is InChI=1S/C46H25N5/c1-49-41-17-9-15-34(28-47)45(41)32-19-21-43-39(26-32)40-27-33(46-35(29-48)16-10-18-42(46)50-2)20-22-44(40)51(43)38-24-36(30-11-5-3-6-12-30)23-37(25-38)31-13-7-4-8-14-31/h3-27H. The van der Waals surface area contributed by atoms with Gasteiger partial charge >= 0.3 is 0 Å². The maximum atomic E-state index is 10.0. The van der Waals surface area contributed by atoms with Crippen LogP contribution in [0.15, 0.2) is 152 Å². The van der Waals surface area contributed by atoms with Crippen LogP contribution in [0.2, 0.25) is 0 Å². The Bertz CT molecular complexity index is 2580. The smallest absolute Gasteiger partial charge is 0.196 e. The number of rotatable bonds is 5. The van der Waals surface area contributed by atoms with E-state index in [-0.39, 0.29) is 0 Å². The van der Waals surface area contributed by atoms with E-state index in [9.17, 15) is 10.5 Å². The summed E-state index contributed by atoms with van der Waals surface area (Å²) >= 11 is 0. The SMILES string of the molecule is [C-]#[N+]c1cccc(C#N)c1-c1ccc2c(c1)c1cc(-c3c(C#N)cccc3[N+]#[C-])ccc1n2-c1cc(-c2ccccc2)cc(-c2ccccc2)c1. The predicted molar refractivity (Wildman–Crippen MR) is 204 cm³/mol. The van der Waals surface area contributed by atoms with E-state index in [0.29, 0.717) is 33.6 Å². The molecule has 0 radical (unpaired) electrons. The molecule has 0 bridgehead atoms. The highest BCUT2D eigenvalue weighted by Gasteiger charge is 2.20. The Morgan fingerprint density at radius 3 is 1.29 bits per heavy atom. The minimum absolute atomic E-state index is 0.408. The van der Waals surface area contributed by atoms with Crippen molar-refractivity contribution < 1.29 is 0 Å². The molecule has 0 aliphatic rings. The number of fused-ring (bicyclic) bond motifs is 3. The summed E-state index contributed by atoms with van der Waals surface area (Å²) in [7, 11) is 0. The Morgan fingerprint density at radius 2 is 0.882 bits per heavy atom. The van der Waals surface area contributed by atoms with Gasteiger partial charge < -0.3 is 4.57 Å². The highest BCUT2D eigenvalue weighted by Crippen LogP contribution is 2.43. The largest absolute Gasteiger partial charge is 0.309 e. The molecule has 1 aromatic heterocycles. The Kier molecular flexibility index (Phi) is 7.64. The summed E-state index contributed by atoms with van der Waals surface area (Å²) in [6, 6.07) is 54.4. The first-order valence-electron chi connectivity index (χ1n) is 16.3. The number of nitrogens with zero attached hydrogens (tertiary/aromatic N) is 5. The number of hydrogen-bond acceptors (Lipinski definition) is 2. The topological polar surface area (TPSA) is 61.2 Å². The molecule has 8 aromatic rings. The molecule has 0 spiro atoms. The Morgan fingerprint density at radius 1 is 0.431 bits per heavy atom. The fourth-order valence-corrected chi connectivity index (χ4v) is 7.01. The molecule has 51 heavy (non-hydrogen) atoms. The van der Waals surface area contributed by atoms with Crippen LogP contribution in [0, 0.1) is 35.8 Å². The lowest BCUT2D eigenvalue weighted by Gasteiger charge is -2.14. The molecule has 1 heterocycles. The van der Waals surface area contributed by atoms with Crippen LogP contribution in [0.3, 0.4) is 0 Å². The molecule has 0 N–H and O–H groups in total. The lowest BCUT2D eigenvalue weighted by molar-refractivity contribution is 1.18. The summed E-state index contributed by atoms with van der Waals surface area (Å²) in [5.41, 5.74) is 11.6. The molecule has 0 amide bonds. The van der Waals surface area contributed by atoms with Gasteiger partial charge in [0.1, 0.15) is 0 Å². The quantitative estimate of drug-likeness (QED) is 0.175. The van der Waals surface area contributed by atoms with Crippen LogP contribution in [0.1, 0.15) is 11.1 Å². The van der Waals surface area contributed by atoms with Crippen molar-refractivity contribution in [2.45, 2.75) is 0 Å². The second kappa shape index (κ2) is 12.7. The lowest BCUT2D eigenvalue weighted by atomic mass is 9.95. The first-order valence-corrected chi connectivity index (χ1v) is 16.3. The van der Waals surface area contributed by atoms with E-state index in [1.54, 1.807) is 36.4 Å². The fourth-order valence-electron chi connectivity index (χ4n) is 7.01. The molecule has 0 aliphatic carbocycles. The average molecular weight is 648 g/mol. The molecule has 0 fully saturated rings. The van der Waals surface area contributed by atoms with Crippen LogP contribution in [-0.4, -0.2) is 4.57 Å². The van der Waals surface area contributed by atoms with E-state index in [4.69, 9.17) is 13.1 Å². The van der Waals surface area contributed by atoms with Gasteiger partial charge in [-0.1, -0.05) is 97.1 Å². The van der Waals surface area contributed by atoms with Gasteiger partial charge in [-0.25, -0.2) is 9.69 Å². The minimum Gasteiger partial charge on any atom is -0.309 e. The first-order chi connectivity index (χ1) is 25.1. The van der Waals surface area contributed by atoms with Crippen molar-refractivity contribution in [3.8, 4) is 62.3 Å². The molecular formula is C46H25N5. The molecule has 5 heteroatoms. The van der Waals surface area contributed by atoms with Gasteiger partial charge in [0.2, 0.25) is 0 Å². The van der Waals surface area contributed by atoms with E-state index in [1.807, 2.05) is 60.7 Å². The summed E-state index contributed by atoms with van der Waals surface area (Å²) in [4.78, 5) is 7.51. The van der Waals surface area contributed by atoms with Crippen LogP contribution >= 0.6 is 0 Å². The minimum atomic E-state index is 0.408. The van der Waals surface area contributed by atoms with Crippen LogP contribution < -0.4 is 0 Å². The zero-order chi connectivity index (χ0) is 34.9. The van der Waals surface area contributed by atoms with Gasteiger partial charge in [-0.2, -0.15) is 10.5 Å². The van der Waals surface area contributed by atoms with Gasteiger partial charge in [0.25, 0.3) is 0 Å². The van der Waals surface area contributed by atoms with Gasteiger partial charge in [0.05, 0.1) is 36.3 Å². The Labute approximate surface area is 295 Å². The summed E-state index contributed by atoms with van der Waals surface area (Å²) < 4.78 is 2.25. The van der Waals surface area contributed by atoms with Crippen LogP contribution in [0.25, 0.3) is 81.7 Å². The average Bonchev–Trinajstić information content (AvgIpc) is 3.53. The maximum absolute atomic E-state index is 10.0. The highest BCUT2D eigenvalue weighted by molar-refractivity contribution is 6.12. The number of aromatic nitrogens is 1. The van der Waals surface area contributed by atoms with Crippen molar-refractivity contribution in [1.82, 2.24) is 4.57 Å². The second-order valence-electron chi connectivity index (χ2n) is 12.1. The summed E-state index contributed by atoms with van der Waals surface area (Å²) in [5, 5.41) is 21.9. The number of nitriles is 2. The molecule has 0 saturated heterocycles. The van der Waals surface area contributed by atoms with Crippen molar-refractivity contribution in [2.75, 3.05) is 0 Å². The zero-order valence-electron chi connectivity index (χ0n) is 27.2. The van der Waals surface area contributed by atoms with E-state index in [2.05, 4.69) is 81.0 Å². The third kappa shape index (κ3) is 5.26. The molecule has 0 unspecified atom stereocenters. The number of hydrogen-bond donors (Lipinski definition) is 0. The van der Waals surface area contributed by atoms with E-state index in [0.717, 1.165) is 60.9 Å². The summed E-state index contributed by atoms with van der Waals surface area (Å²) in [5.74, 6) is 0. The normalized spacial score (nSPS) is 10.7. The van der Waals surface area contributed by atoms with Crippen molar-refractivity contribution in [1.29, 1.82) is 10.5 Å². The van der Waals surface area contributed by atoms with Crippen molar-refractivity contribution >= 4 is 33.2 Å². The fraction of sp³-hybridized carbons (Fsp3) is 0. The first kappa shape index (κ1) is 30.6. The van der Waals surface area contributed by atoms with Gasteiger partial charge in [0.15, 0.2) is 11.4 Å². The zero-order valence-corrected chi connectivity index (χ0v) is 27.2. The molecule has 7 aromatic carbocycles. The third-order valence-corrected chi connectivity index (χ3v) is 9.30. The van der Waals surface area contributed by atoms with Crippen molar-refractivity contribution in [3.05, 3.63) is 186 Å². The van der Waals surface area contributed by atoms with Crippen LogP contribution in [0.5, 0.6) is 0 Å². The van der Waals surface area contributed by atoms with Crippen LogP contribution in [0.4, 0.5) is 11.4 Å². The summed E-state index contributed by atoms with van der Waals surface area (Å²) in [6.07, 6.45) is 0. The molecule has 0 saturated carbocycles. The lowest BCUT2D eigenvalue weighted by Crippen LogP contribution is -1.96. The van der Waals surface area contributed by atoms with Gasteiger partial charge in [-0.05, 0) is 88.0 Å². The van der Waals surface area contributed by atoms with E-state index in [1.165, 1.54) is 0 Å². The van der Waals surface area contributed by atoms with Crippen molar-refractivity contribution in [3.63, 3.8) is 0 Å². The van der Waals surface area contributed by atoms with Gasteiger partial charge in [-0.3, -0.25) is 0 Å². The molecule has 5 nitrogen and oxygen atoms in total. The van der Waals surface area contributed by atoms with E-state index >= 15 is 0 Å².